The van der Waals surface area contributed by atoms with Crippen molar-refractivity contribution in [2.75, 3.05) is 18.5 Å². The van der Waals surface area contributed by atoms with Crippen LogP contribution in [0.5, 0.6) is 0 Å². The zero-order valence-electron chi connectivity index (χ0n) is 10.9. The van der Waals surface area contributed by atoms with E-state index in [-0.39, 0.29) is 25.5 Å². The second-order valence-corrected chi connectivity index (χ2v) is 4.86. The molecule has 2 amide bonds. The van der Waals surface area contributed by atoms with E-state index in [1.165, 1.54) is 6.92 Å². The van der Waals surface area contributed by atoms with E-state index < -0.39 is 11.9 Å². The molecule has 20 heavy (non-hydrogen) atoms. The minimum Gasteiger partial charge on any atom is -0.456 e. The number of halogens is 1. The van der Waals surface area contributed by atoms with Crippen LogP contribution in [0.3, 0.4) is 0 Å². The molecule has 0 spiro atoms. The number of hydrogen-bond acceptors (Lipinski definition) is 4. The maximum Gasteiger partial charge on any atom is 0.308 e. The molecule has 2 N–H and O–H groups in total. The highest BCUT2D eigenvalue weighted by molar-refractivity contribution is 9.10. The summed E-state index contributed by atoms with van der Waals surface area (Å²) in [5.74, 6) is -1.17. The maximum atomic E-state index is 11.5. The molecule has 1 aromatic carbocycles. The summed E-state index contributed by atoms with van der Waals surface area (Å²) in [5, 5.41) is 5.06. The van der Waals surface area contributed by atoms with Gasteiger partial charge >= 0.3 is 5.97 Å². The van der Waals surface area contributed by atoms with Gasteiger partial charge in [0.2, 0.25) is 5.91 Å². The van der Waals surface area contributed by atoms with E-state index in [1.54, 1.807) is 24.3 Å². The molecule has 1 rings (SSSR count). The molecule has 0 aliphatic rings. The topological polar surface area (TPSA) is 84.5 Å². The number of hydrogen-bond donors (Lipinski definition) is 2. The molecular formula is C13H15BrN2O4. The Balaban J connectivity index is 2.24. The van der Waals surface area contributed by atoms with Crippen LogP contribution in [0.15, 0.2) is 28.7 Å². The zero-order chi connectivity index (χ0) is 15.0. The van der Waals surface area contributed by atoms with Crippen molar-refractivity contribution in [3.05, 3.63) is 28.7 Å². The van der Waals surface area contributed by atoms with E-state index in [4.69, 9.17) is 4.74 Å². The largest absolute Gasteiger partial charge is 0.456 e. The zero-order valence-corrected chi connectivity index (χ0v) is 12.5. The van der Waals surface area contributed by atoms with Crippen LogP contribution in [0.25, 0.3) is 0 Å². The molecular weight excluding hydrogens is 328 g/mol. The SMILES string of the molecule is CC(=O)NCCC(=O)OCC(=O)Nc1ccc(Br)cc1. The van der Waals surface area contributed by atoms with Gasteiger partial charge in [0.25, 0.3) is 5.91 Å². The van der Waals surface area contributed by atoms with E-state index in [2.05, 4.69) is 26.6 Å². The van der Waals surface area contributed by atoms with Crippen LogP contribution < -0.4 is 10.6 Å². The summed E-state index contributed by atoms with van der Waals surface area (Å²) in [6.45, 7) is 1.20. The molecule has 7 heteroatoms. The highest BCUT2D eigenvalue weighted by Gasteiger charge is 2.08. The Bertz CT molecular complexity index is 488. The third-order valence-corrected chi connectivity index (χ3v) is 2.72. The standard InChI is InChI=1S/C13H15BrN2O4/c1-9(17)15-7-6-13(19)20-8-12(18)16-11-4-2-10(14)3-5-11/h2-5H,6-8H2,1H3,(H,15,17)(H,16,18). The lowest BCUT2D eigenvalue weighted by atomic mass is 10.3. The number of esters is 1. The predicted octanol–water partition coefficient (Wildman–Crippen LogP) is 1.46. The van der Waals surface area contributed by atoms with Crippen molar-refractivity contribution < 1.29 is 19.1 Å². The fourth-order valence-corrected chi connectivity index (χ4v) is 1.55. The molecule has 0 heterocycles. The Morgan fingerprint density at radius 2 is 1.85 bits per heavy atom. The number of anilines is 1. The summed E-state index contributed by atoms with van der Waals surface area (Å²) in [6, 6.07) is 7.02. The first-order valence-corrected chi connectivity index (χ1v) is 6.72. The molecule has 0 atom stereocenters. The average molecular weight is 343 g/mol. The van der Waals surface area contributed by atoms with Gasteiger partial charge in [0.05, 0.1) is 6.42 Å². The smallest absolute Gasteiger partial charge is 0.308 e. The number of carbonyl (C=O) groups excluding carboxylic acids is 3. The van der Waals surface area contributed by atoms with Crippen LogP contribution >= 0.6 is 15.9 Å². The molecule has 108 valence electrons. The second kappa shape index (κ2) is 8.31. The van der Waals surface area contributed by atoms with Gasteiger partial charge in [-0.3, -0.25) is 14.4 Å². The normalized spacial score (nSPS) is 9.70. The van der Waals surface area contributed by atoms with Crippen LogP contribution in [0.2, 0.25) is 0 Å². The Morgan fingerprint density at radius 1 is 1.20 bits per heavy atom. The van der Waals surface area contributed by atoms with Gasteiger partial charge in [-0.1, -0.05) is 15.9 Å². The molecule has 0 fully saturated rings. The summed E-state index contributed by atoms with van der Waals surface area (Å²) in [6.07, 6.45) is 0.0329. The van der Waals surface area contributed by atoms with E-state index in [9.17, 15) is 14.4 Å². The summed E-state index contributed by atoms with van der Waals surface area (Å²) < 4.78 is 5.67. The Kier molecular flexibility index (Phi) is 6.72. The van der Waals surface area contributed by atoms with Gasteiger partial charge < -0.3 is 15.4 Å². The van der Waals surface area contributed by atoms with Crippen molar-refractivity contribution in [2.45, 2.75) is 13.3 Å². The minimum atomic E-state index is -0.537. The number of nitrogens with one attached hydrogen (secondary N) is 2. The number of ether oxygens (including phenoxy) is 1. The monoisotopic (exact) mass is 342 g/mol. The fraction of sp³-hybridized carbons (Fsp3) is 0.308. The molecule has 0 aliphatic heterocycles. The summed E-state index contributed by atoms with van der Waals surface area (Å²) in [7, 11) is 0. The van der Waals surface area contributed by atoms with E-state index in [0.717, 1.165) is 4.47 Å². The predicted molar refractivity (Wildman–Crippen MR) is 77.0 cm³/mol. The first-order chi connectivity index (χ1) is 9.47. The van der Waals surface area contributed by atoms with Crippen molar-refractivity contribution in [3.63, 3.8) is 0 Å². The van der Waals surface area contributed by atoms with Crippen LogP contribution in [0, 0.1) is 0 Å². The second-order valence-electron chi connectivity index (χ2n) is 3.95. The molecule has 0 saturated carbocycles. The molecule has 0 saturated heterocycles. The molecule has 6 nitrogen and oxygen atoms in total. The first kappa shape index (κ1) is 16.2. The fourth-order valence-electron chi connectivity index (χ4n) is 1.29. The van der Waals surface area contributed by atoms with Crippen molar-refractivity contribution in [3.8, 4) is 0 Å². The van der Waals surface area contributed by atoms with E-state index in [0.29, 0.717) is 5.69 Å². The Labute approximate surface area is 125 Å². The molecule has 1 aromatic rings. The van der Waals surface area contributed by atoms with Gasteiger partial charge in [0, 0.05) is 23.6 Å². The number of benzene rings is 1. The van der Waals surface area contributed by atoms with Gasteiger partial charge in [0.1, 0.15) is 0 Å². The van der Waals surface area contributed by atoms with Crippen LogP contribution in [-0.2, 0) is 19.1 Å². The quantitative estimate of drug-likeness (QED) is 0.766. The van der Waals surface area contributed by atoms with E-state index in [1.807, 2.05) is 0 Å². The van der Waals surface area contributed by atoms with Crippen LogP contribution in [0.4, 0.5) is 5.69 Å². The van der Waals surface area contributed by atoms with Gasteiger partial charge in [-0.15, -0.1) is 0 Å². The lowest BCUT2D eigenvalue weighted by molar-refractivity contribution is -0.147. The third-order valence-electron chi connectivity index (χ3n) is 2.20. The Hall–Kier alpha value is -1.89. The lowest BCUT2D eigenvalue weighted by Gasteiger charge is -2.07. The van der Waals surface area contributed by atoms with Gasteiger partial charge in [-0.2, -0.15) is 0 Å². The minimum absolute atomic E-state index is 0.0329. The van der Waals surface area contributed by atoms with Crippen LogP contribution in [-0.4, -0.2) is 30.9 Å². The van der Waals surface area contributed by atoms with Crippen molar-refractivity contribution in [1.29, 1.82) is 0 Å². The van der Waals surface area contributed by atoms with Gasteiger partial charge in [-0.25, -0.2) is 0 Å². The molecule has 0 aliphatic carbocycles. The first-order valence-electron chi connectivity index (χ1n) is 5.93. The lowest BCUT2D eigenvalue weighted by Crippen LogP contribution is -2.25. The Morgan fingerprint density at radius 3 is 2.45 bits per heavy atom. The molecule has 0 unspecified atom stereocenters. The maximum absolute atomic E-state index is 11.5. The van der Waals surface area contributed by atoms with Crippen molar-refractivity contribution >= 4 is 39.4 Å². The van der Waals surface area contributed by atoms with Crippen molar-refractivity contribution in [2.24, 2.45) is 0 Å². The molecule has 0 aromatic heterocycles. The van der Waals surface area contributed by atoms with Gasteiger partial charge in [-0.05, 0) is 24.3 Å². The third kappa shape index (κ3) is 6.89. The number of carbonyl (C=O) groups is 3. The molecule has 0 radical (unpaired) electrons. The van der Waals surface area contributed by atoms with Gasteiger partial charge in [0.15, 0.2) is 6.61 Å². The molecule has 0 bridgehead atoms. The summed E-state index contributed by atoms with van der Waals surface area (Å²) in [5.41, 5.74) is 0.618. The van der Waals surface area contributed by atoms with Crippen molar-refractivity contribution in [1.82, 2.24) is 5.32 Å². The number of amides is 2. The summed E-state index contributed by atoms with van der Waals surface area (Å²) >= 11 is 3.28. The van der Waals surface area contributed by atoms with E-state index >= 15 is 0 Å². The van der Waals surface area contributed by atoms with Crippen LogP contribution in [0.1, 0.15) is 13.3 Å². The number of rotatable bonds is 6. The highest BCUT2D eigenvalue weighted by Crippen LogP contribution is 2.13. The highest BCUT2D eigenvalue weighted by atomic mass is 79.9. The average Bonchev–Trinajstić information content (AvgIpc) is 2.39. The summed E-state index contributed by atoms with van der Waals surface area (Å²) in [4.78, 5) is 33.4.